The summed E-state index contributed by atoms with van der Waals surface area (Å²) < 4.78 is 0. The molecule has 0 saturated carbocycles. The molecule has 1 spiro atoms. The van der Waals surface area contributed by atoms with Gasteiger partial charge in [0.15, 0.2) is 0 Å². The molecule has 0 atom stereocenters. The van der Waals surface area contributed by atoms with Crippen LogP contribution in [0.4, 0.5) is 0 Å². The molecule has 3 heteroatoms. The van der Waals surface area contributed by atoms with Crippen LogP contribution in [0.3, 0.4) is 0 Å². The number of hydrogen-bond acceptors (Lipinski definition) is 2. The van der Waals surface area contributed by atoms with Crippen LogP contribution in [-0.4, -0.2) is 36.5 Å². The van der Waals surface area contributed by atoms with E-state index in [0.717, 1.165) is 31.5 Å². The lowest BCUT2D eigenvalue weighted by atomic mass is 9.75. The number of carbonyl (C=O) groups excluding carboxylic acids is 1. The minimum absolute atomic E-state index is 0.107. The summed E-state index contributed by atoms with van der Waals surface area (Å²) in [6.07, 6.45) is 6.03. The zero-order chi connectivity index (χ0) is 12.5. The van der Waals surface area contributed by atoms with Crippen molar-refractivity contribution in [3.8, 4) is 0 Å². The van der Waals surface area contributed by atoms with Crippen LogP contribution in [0.5, 0.6) is 0 Å². The Bertz CT molecular complexity index is 387. The van der Waals surface area contributed by atoms with E-state index in [4.69, 9.17) is 0 Å². The Hall–Kier alpha value is -1.35. The molecule has 1 fully saturated rings. The van der Waals surface area contributed by atoms with Gasteiger partial charge in [-0.15, -0.1) is 0 Å². The third-order valence-corrected chi connectivity index (χ3v) is 3.88. The summed E-state index contributed by atoms with van der Waals surface area (Å²) >= 11 is 0. The third kappa shape index (κ3) is 2.07. The molecule has 0 unspecified atom stereocenters. The van der Waals surface area contributed by atoms with Crippen molar-refractivity contribution in [3.63, 3.8) is 0 Å². The van der Waals surface area contributed by atoms with Crippen molar-refractivity contribution in [2.24, 2.45) is 0 Å². The van der Waals surface area contributed by atoms with Gasteiger partial charge in [0.1, 0.15) is 0 Å². The summed E-state index contributed by atoms with van der Waals surface area (Å²) in [5, 5.41) is 3.18. The maximum atomic E-state index is 11.8. The molecule has 0 aromatic carbocycles. The maximum Gasteiger partial charge on any atom is 0.225 e. The molecule has 0 aromatic rings. The van der Waals surface area contributed by atoms with Gasteiger partial charge in [0, 0.05) is 13.1 Å². The van der Waals surface area contributed by atoms with Crippen LogP contribution in [-0.2, 0) is 4.79 Å². The number of rotatable bonds is 2. The Kier molecular flexibility index (Phi) is 3.20. The van der Waals surface area contributed by atoms with E-state index >= 15 is 0 Å². The SMILES string of the molecule is C=CC1=C(C=C)C2(CCN(C)CC2)NC(=O)C1. The van der Waals surface area contributed by atoms with Gasteiger partial charge >= 0.3 is 0 Å². The highest BCUT2D eigenvalue weighted by Crippen LogP contribution is 2.36. The molecule has 17 heavy (non-hydrogen) atoms. The molecule has 2 rings (SSSR count). The summed E-state index contributed by atoms with van der Waals surface area (Å²) in [6.45, 7) is 9.72. The minimum atomic E-state index is -0.201. The quantitative estimate of drug-likeness (QED) is 0.785. The Balaban J connectivity index is 2.39. The molecule has 0 radical (unpaired) electrons. The van der Waals surface area contributed by atoms with E-state index < -0.39 is 0 Å². The second-order valence-electron chi connectivity index (χ2n) is 4.96. The molecule has 1 saturated heterocycles. The molecule has 2 heterocycles. The Morgan fingerprint density at radius 2 is 1.94 bits per heavy atom. The van der Waals surface area contributed by atoms with Crippen molar-refractivity contribution in [2.45, 2.75) is 24.8 Å². The van der Waals surface area contributed by atoms with Crippen molar-refractivity contribution in [1.82, 2.24) is 10.2 Å². The summed E-state index contributed by atoms with van der Waals surface area (Å²) in [7, 11) is 2.11. The van der Waals surface area contributed by atoms with Crippen LogP contribution in [0.2, 0.25) is 0 Å². The summed E-state index contributed by atoms with van der Waals surface area (Å²) in [5.74, 6) is 0.107. The molecule has 1 N–H and O–H groups in total. The Morgan fingerprint density at radius 1 is 1.29 bits per heavy atom. The van der Waals surface area contributed by atoms with E-state index in [1.54, 1.807) is 6.08 Å². The van der Waals surface area contributed by atoms with Crippen LogP contribution in [0.25, 0.3) is 0 Å². The minimum Gasteiger partial charge on any atom is -0.346 e. The van der Waals surface area contributed by atoms with Crippen LogP contribution < -0.4 is 5.32 Å². The monoisotopic (exact) mass is 232 g/mol. The lowest BCUT2D eigenvalue weighted by Crippen LogP contribution is -2.57. The first-order valence-corrected chi connectivity index (χ1v) is 6.09. The molecule has 2 aliphatic rings. The van der Waals surface area contributed by atoms with Gasteiger partial charge in [-0.05, 0) is 31.0 Å². The Labute approximate surface area is 103 Å². The fraction of sp³-hybridized carbons (Fsp3) is 0.500. The third-order valence-electron chi connectivity index (χ3n) is 3.88. The molecule has 0 aliphatic carbocycles. The summed E-state index contributed by atoms with van der Waals surface area (Å²) in [4.78, 5) is 14.1. The van der Waals surface area contributed by atoms with Crippen LogP contribution in [0, 0.1) is 0 Å². The highest BCUT2D eigenvalue weighted by molar-refractivity contribution is 5.83. The number of amides is 1. The first-order valence-electron chi connectivity index (χ1n) is 6.09. The highest BCUT2D eigenvalue weighted by atomic mass is 16.1. The van der Waals surface area contributed by atoms with E-state index in [0.29, 0.717) is 6.42 Å². The molecule has 2 aliphatic heterocycles. The summed E-state index contributed by atoms with van der Waals surface area (Å²) in [6, 6.07) is 0. The molecule has 3 nitrogen and oxygen atoms in total. The summed E-state index contributed by atoms with van der Waals surface area (Å²) in [5.41, 5.74) is 2.00. The zero-order valence-corrected chi connectivity index (χ0v) is 10.5. The molecule has 1 amide bonds. The van der Waals surface area contributed by atoms with Crippen molar-refractivity contribution in [2.75, 3.05) is 20.1 Å². The fourth-order valence-electron chi connectivity index (χ4n) is 2.86. The number of nitrogens with zero attached hydrogens (tertiary/aromatic N) is 1. The van der Waals surface area contributed by atoms with Crippen LogP contribution >= 0.6 is 0 Å². The van der Waals surface area contributed by atoms with Crippen LogP contribution in [0.1, 0.15) is 19.3 Å². The molecular formula is C14H20N2O. The lowest BCUT2D eigenvalue weighted by molar-refractivity contribution is -0.123. The first kappa shape index (κ1) is 12.1. The predicted octanol–water partition coefficient (Wildman–Crippen LogP) is 1.64. The standard InChI is InChI=1S/C14H20N2O/c1-4-11-10-13(17)15-14(12(11)5-2)6-8-16(3)9-7-14/h4-5H,1-2,6-10H2,3H3,(H,15,17). The molecule has 0 bridgehead atoms. The predicted molar refractivity (Wildman–Crippen MR) is 69.6 cm³/mol. The topological polar surface area (TPSA) is 32.3 Å². The van der Waals surface area contributed by atoms with E-state index in [9.17, 15) is 4.79 Å². The Morgan fingerprint density at radius 3 is 2.47 bits per heavy atom. The van der Waals surface area contributed by atoms with Gasteiger partial charge in [0.05, 0.1) is 12.0 Å². The second kappa shape index (κ2) is 4.49. The van der Waals surface area contributed by atoms with E-state index in [-0.39, 0.29) is 11.4 Å². The van der Waals surface area contributed by atoms with Gasteiger partial charge in [-0.1, -0.05) is 25.3 Å². The number of piperidine rings is 1. The number of likely N-dealkylation sites (tertiary alicyclic amines) is 1. The zero-order valence-electron chi connectivity index (χ0n) is 10.5. The van der Waals surface area contributed by atoms with Gasteiger partial charge in [-0.2, -0.15) is 0 Å². The number of allylic oxidation sites excluding steroid dienone is 1. The largest absolute Gasteiger partial charge is 0.346 e. The first-order chi connectivity index (χ1) is 8.11. The maximum absolute atomic E-state index is 11.8. The normalized spacial score (nSPS) is 24.6. The molecule has 0 aromatic heterocycles. The van der Waals surface area contributed by atoms with Gasteiger partial charge in [0.2, 0.25) is 5.91 Å². The average molecular weight is 232 g/mol. The number of nitrogens with one attached hydrogen (secondary N) is 1. The van der Waals surface area contributed by atoms with Crippen LogP contribution in [0.15, 0.2) is 36.5 Å². The number of carbonyl (C=O) groups is 1. The van der Waals surface area contributed by atoms with Crippen molar-refractivity contribution in [3.05, 3.63) is 36.5 Å². The van der Waals surface area contributed by atoms with Gasteiger partial charge < -0.3 is 10.2 Å². The molecule has 92 valence electrons. The van der Waals surface area contributed by atoms with Crippen molar-refractivity contribution < 1.29 is 4.79 Å². The van der Waals surface area contributed by atoms with E-state index in [1.807, 2.05) is 6.08 Å². The fourth-order valence-corrected chi connectivity index (χ4v) is 2.86. The highest BCUT2D eigenvalue weighted by Gasteiger charge is 2.41. The van der Waals surface area contributed by atoms with Gasteiger partial charge in [0.25, 0.3) is 0 Å². The lowest BCUT2D eigenvalue weighted by Gasteiger charge is -2.45. The van der Waals surface area contributed by atoms with E-state index in [1.165, 1.54) is 5.57 Å². The molecular weight excluding hydrogens is 212 g/mol. The van der Waals surface area contributed by atoms with Crippen molar-refractivity contribution >= 4 is 5.91 Å². The smallest absolute Gasteiger partial charge is 0.225 e. The van der Waals surface area contributed by atoms with Gasteiger partial charge in [-0.3, -0.25) is 4.79 Å². The number of hydrogen-bond donors (Lipinski definition) is 1. The van der Waals surface area contributed by atoms with Crippen molar-refractivity contribution in [1.29, 1.82) is 0 Å². The van der Waals surface area contributed by atoms with Gasteiger partial charge in [-0.25, -0.2) is 0 Å². The second-order valence-corrected chi connectivity index (χ2v) is 4.96. The average Bonchev–Trinajstić information content (AvgIpc) is 2.32. The van der Waals surface area contributed by atoms with E-state index in [2.05, 4.69) is 30.4 Å².